The molecule has 24 heteroatoms. The zero-order chi connectivity index (χ0) is 49.7. The molecule has 2 atom stereocenters. The van der Waals surface area contributed by atoms with E-state index in [0.717, 1.165) is 0 Å². The normalized spacial score (nSPS) is 12.8. The van der Waals surface area contributed by atoms with Gasteiger partial charge in [-0.1, -0.05) is 24.8 Å². The molecule has 1 heterocycles. The van der Waals surface area contributed by atoms with E-state index < -0.39 is 48.9 Å². The highest BCUT2D eigenvalue weighted by atomic mass is 32.2. The Kier molecular flexibility index (Phi) is 30.3. The number of nitrogens with zero attached hydrogens (tertiary/aromatic N) is 1. The number of carbonyl (C=O) groups excluding carboxylic acids is 5. The van der Waals surface area contributed by atoms with Crippen molar-refractivity contribution in [2.24, 2.45) is 4.99 Å². The molecular weight excluding hydrogens is 927 g/mol. The van der Waals surface area contributed by atoms with Gasteiger partial charge in [0.2, 0.25) is 17.7 Å². The molecule has 0 radical (unpaired) electrons. The van der Waals surface area contributed by atoms with Crippen molar-refractivity contribution in [1.82, 2.24) is 21.3 Å². The van der Waals surface area contributed by atoms with Gasteiger partial charge in [-0.05, 0) is 48.5 Å². The van der Waals surface area contributed by atoms with Crippen molar-refractivity contribution >= 4 is 63.8 Å². The van der Waals surface area contributed by atoms with Gasteiger partial charge in [0.25, 0.3) is 5.91 Å². The fraction of sp³-hybridized carbons (Fsp3) is 0.533. The second-order valence-electron chi connectivity index (χ2n) is 14.3. The first-order valence-electron chi connectivity index (χ1n) is 22.3. The molecule has 69 heavy (non-hydrogen) atoms. The van der Waals surface area contributed by atoms with Crippen LogP contribution in [-0.2, 0) is 61.9 Å². The highest BCUT2D eigenvalue weighted by molar-refractivity contribution is 8.13. The lowest BCUT2D eigenvalue weighted by molar-refractivity contribution is -0.139. The third-order valence-corrected chi connectivity index (χ3v) is 9.59. The first kappa shape index (κ1) is 57.6. The summed E-state index contributed by atoms with van der Waals surface area (Å²) in [5.41, 5.74) is 1.13. The highest BCUT2D eigenvalue weighted by Gasteiger charge is 2.24. The largest absolute Gasteiger partial charge is 0.481 e. The Bertz CT molecular complexity index is 1910. The number of rotatable bonds is 38. The zero-order valence-corrected chi connectivity index (χ0v) is 39.8. The van der Waals surface area contributed by atoms with Gasteiger partial charge in [0.05, 0.1) is 105 Å². The molecule has 1 aliphatic heterocycles. The van der Waals surface area contributed by atoms with Crippen molar-refractivity contribution in [1.29, 1.82) is 0 Å². The molecule has 2 aromatic carbocycles. The number of amides is 4. The lowest BCUT2D eigenvalue weighted by atomic mass is 10.1. The summed E-state index contributed by atoms with van der Waals surface area (Å²) in [6.07, 6.45) is 2.69. The van der Waals surface area contributed by atoms with Gasteiger partial charge in [-0.15, -0.1) is 0 Å². The number of benzene rings is 2. The minimum atomic E-state index is -1.45. The number of aliphatic carboxylic acids is 1. The van der Waals surface area contributed by atoms with Gasteiger partial charge >= 0.3 is 5.97 Å². The summed E-state index contributed by atoms with van der Waals surface area (Å²) in [6.45, 7) is 8.01. The van der Waals surface area contributed by atoms with Crippen LogP contribution in [-0.4, -0.2) is 170 Å². The molecule has 1 aliphatic rings. The lowest BCUT2D eigenvalue weighted by Crippen LogP contribution is -2.48. The van der Waals surface area contributed by atoms with E-state index in [-0.39, 0.29) is 62.1 Å². The van der Waals surface area contributed by atoms with Crippen LogP contribution in [0.2, 0.25) is 0 Å². The van der Waals surface area contributed by atoms with E-state index in [1.165, 1.54) is 30.8 Å². The number of guanidine groups is 1. The second-order valence-corrected chi connectivity index (χ2v) is 15.6. The van der Waals surface area contributed by atoms with Crippen molar-refractivity contribution < 1.29 is 76.5 Å². The topological polar surface area (TPSA) is 290 Å². The van der Waals surface area contributed by atoms with E-state index in [4.69, 9.17) is 42.6 Å². The average molecular weight is 992 g/mol. The number of carboxylic acids is 1. The molecule has 4 amide bonds. The minimum Gasteiger partial charge on any atom is -0.481 e. The molecule has 0 saturated carbocycles. The Balaban J connectivity index is 1.19. The maximum Gasteiger partial charge on any atom is 0.305 e. The van der Waals surface area contributed by atoms with Gasteiger partial charge in [0.15, 0.2) is 17.3 Å². The smallest absolute Gasteiger partial charge is 0.305 e. The molecule has 0 spiro atoms. The summed E-state index contributed by atoms with van der Waals surface area (Å²) in [7, 11) is 0. The van der Waals surface area contributed by atoms with Crippen LogP contribution < -0.4 is 36.6 Å². The van der Waals surface area contributed by atoms with Gasteiger partial charge < -0.3 is 79.6 Å². The monoisotopic (exact) mass is 991 g/mol. The third kappa shape index (κ3) is 28.4. The molecule has 2 aromatic rings. The standard InChI is InChI=1S/C45H65N7O16S/c1-3-41(52-39(54)12-15-64-31-66-24-25-67-32-65-23-22-62-19-18-60-16-17-61-20-21-63-26-27-69-33(2)53)68-37-10-8-35(9-11-37)49-44(59)38(29-42(56)57)51-40(55)30-48-43(58)34-6-4-7-36(28-34)50-45-46-13-5-14-47-45/h4-11,13,28,38,41H,3,12,14-27,29-32H2,1-2H3,(H,48,58)(H,49,59)(H,51,55)(H,52,54)(H,56,57)(H2,46,47,50)/t38-,41-/m0/s1. The van der Waals surface area contributed by atoms with Crippen molar-refractivity contribution in [3.8, 4) is 5.75 Å². The molecule has 3 rings (SSSR count). The molecule has 0 saturated heterocycles. The zero-order valence-electron chi connectivity index (χ0n) is 39.0. The fourth-order valence-electron chi connectivity index (χ4n) is 5.46. The summed E-state index contributed by atoms with van der Waals surface area (Å²) < 4.78 is 48.9. The van der Waals surface area contributed by atoms with Crippen LogP contribution in [0.1, 0.15) is 43.5 Å². The lowest BCUT2D eigenvalue weighted by Gasteiger charge is -2.20. The number of hydrogen-bond acceptors (Lipinski definition) is 19. The molecule has 0 fully saturated rings. The Labute approximate surface area is 405 Å². The van der Waals surface area contributed by atoms with Crippen molar-refractivity contribution in [3.05, 3.63) is 66.4 Å². The van der Waals surface area contributed by atoms with Crippen LogP contribution in [0.3, 0.4) is 0 Å². The number of ether oxygens (including phenoxy) is 9. The quantitative estimate of drug-likeness (QED) is 0.0373. The number of carboxylic acid groups (broad SMARTS) is 1. The molecular formula is C45H65N7O16S. The van der Waals surface area contributed by atoms with Gasteiger partial charge in [0, 0.05) is 42.2 Å². The maximum absolute atomic E-state index is 13.1. The minimum absolute atomic E-state index is 0.0308. The summed E-state index contributed by atoms with van der Waals surface area (Å²) in [6, 6.07) is 11.2. The molecule has 382 valence electrons. The Hall–Kier alpha value is -5.70. The van der Waals surface area contributed by atoms with Crippen molar-refractivity contribution in [2.45, 2.75) is 45.4 Å². The number of anilines is 2. The van der Waals surface area contributed by atoms with Crippen LogP contribution in [0.5, 0.6) is 5.75 Å². The summed E-state index contributed by atoms with van der Waals surface area (Å²) in [5.74, 6) is -2.24. The Morgan fingerprint density at radius 3 is 1.93 bits per heavy atom. The van der Waals surface area contributed by atoms with Crippen molar-refractivity contribution in [2.75, 3.05) is 122 Å². The van der Waals surface area contributed by atoms with E-state index in [1.54, 1.807) is 42.6 Å². The van der Waals surface area contributed by atoms with Crippen LogP contribution >= 0.6 is 11.8 Å². The van der Waals surface area contributed by atoms with Gasteiger partial charge in [0.1, 0.15) is 25.4 Å². The molecule has 0 unspecified atom stereocenters. The first-order valence-corrected chi connectivity index (χ1v) is 23.3. The maximum atomic E-state index is 13.1. The second kappa shape index (κ2) is 36.3. The predicted octanol–water partition coefficient (Wildman–Crippen LogP) is 1.85. The summed E-state index contributed by atoms with van der Waals surface area (Å²) >= 11 is 1.24. The fourth-order valence-corrected chi connectivity index (χ4v) is 5.95. The van der Waals surface area contributed by atoms with E-state index in [9.17, 15) is 33.9 Å². The number of nitrogens with one attached hydrogen (secondary N) is 6. The van der Waals surface area contributed by atoms with E-state index in [2.05, 4.69) is 36.9 Å². The van der Waals surface area contributed by atoms with Gasteiger partial charge in [-0.3, -0.25) is 28.8 Å². The van der Waals surface area contributed by atoms with E-state index >= 15 is 0 Å². The summed E-state index contributed by atoms with van der Waals surface area (Å²) in [4.78, 5) is 77.7. The number of hydrogen-bond donors (Lipinski definition) is 7. The Morgan fingerprint density at radius 2 is 1.35 bits per heavy atom. The van der Waals surface area contributed by atoms with Crippen LogP contribution in [0.25, 0.3) is 0 Å². The Morgan fingerprint density at radius 1 is 0.739 bits per heavy atom. The molecule has 0 bridgehead atoms. The molecule has 0 aromatic heterocycles. The predicted molar refractivity (Wildman–Crippen MR) is 254 cm³/mol. The van der Waals surface area contributed by atoms with Crippen molar-refractivity contribution in [3.63, 3.8) is 0 Å². The molecule has 7 N–H and O–H groups in total. The van der Waals surface area contributed by atoms with Crippen LogP contribution in [0.15, 0.2) is 65.8 Å². The first-order chi connectivity index (χ1) is 33.5. The highest BCUT2D eigenvalue weighted by Crippen LogP contribution is 2.18. The third-order valence-electron chi connectivity index (χ3n) is 8.81. The number of thioether (sulfide) groups is 1. The van der Waals surface area contributed by atoms with Gasteiger partial charge in [-0.25, -0.2) is 4.99 Å². The average Bonchev–Trinajstić information content (AvgIpc) is 3.33. The molecule has 23 nitrogen and oxygen atoms in total. The van der Waals surface area contributed by atoms with Gasteiger partial charge in [-0.2, -0.15) is 0 Å². The summed E-state index contributed by atoms with van der Waals surface area (Å²) in [5, 5.41) is 25.7. The van der Waals surface area contributed by atoms with E-state index in [1.807, 2.05) is 13.0 Å². The molecule has 0 aliphatic carbocycles. The number of aliphatic imine (C=N–C) groups is 1. The van der Waals surface area contributed by atoms with Crippen LogP contribution in [0, 0.1) is 0 Å². The number of carbonyl (C=O) groups is 6. The SMILES string of the molecule is CC[C@@H](NC(=O)CCOCOCCOCOCCOCCOCCOCCOCCSC(C)=O)Oc1ccc(NC(=O)[C@H](CC(=O)O)NC(=O)CNC(=O)c2cccc(NC3=NCC=CN3)c2)cc1. The van der Waals surface area contributed by atoms with E-state index in [0.29, 0.717) is 95.6 Å². The van der Waals surface area contributed by atoms with Crippen LogP contribution in [0.4, 0.5) is 11.4 Å².